The molecular weight excluding hydrogens is 421 g/mol. The summed E-state index contributed by atoms with van der Waals surface area (Å²) in [7, 11) is 0. The van der Waals surface area contributed by atoms with Crippen LogP contribution in [0.1, 0.15) is 5.56 Å². The zero-order valence-electron chi connectivity index (χ0n) is 12.9. The molecule has 27 heavy (non-hydrogen) atoms. The fourth-order valence-electron chi connectivity index (χ4n) is 2.69. The molecule has 0 amide bonds. The summed E-state index contributed by atoms with van der Waals surface area (Å²) in [4.78, 5) is 3.00. The van der Waals surface area contributed by atoms with Gasteiger partial charge in [-0.15, -0.1) is 0 Å². The van der Waals surface area contributed by atoms with Crippen molar-refractivity contribution in [2.75, 3.05) is 4.90 Å². The second kappa shape index (κ2) is 6.29. The van der Waals surface area contributed by atoms with Gasteiger partial charge >= 0.3 is 12.4 Å². The van der Waals surface area contributed by atoms with Crippen LogP contribution >= 0.6 is 23.2 Å². The Bertz CT molecular complexity index is 911. The zero-order chi connectivity index (χ0) is 20.2. The van der Waals surface area contributed by atoms with E-state index in [-0.39, 0.29) is 14.9 Å². The maximum atomic E-state index is 13.9. The smallest absolute Gasteiger partial charge is 0.359 e. The fraction of sp³-hybridized carbons (Fsp3) is 0.188. The van der Waals surface area contributed by atoms with Crippen molar-refractivity contribution in [1.29, 1.82) is 0 Å². The van der Waals surface area contributed by atoms with E-state index in [0.717, 1.165) is 42.5 Å². The van der Waals surface area contributed by atoms with Gasteiger partial charge in [0.15, 0.2) is 0 Å². The normalized spacial score (nSPS) is 20.3. The quantitative estimate of drug-likeness (QED) is 0.581. The molecule has 1 aliphatic heterocycles. The summed E-state index contributed by atoms with van der Waals surface area (Å²) in [6.07, 6.45) is -10.8. The molecule has 0 aliphatic carbocycles. The van der Waals surface area contributed by atoms with E-state index in [0.29, 0.717) is 0 Å². The first-order valence-corrected chi connectivity index (χ1v) is 7.92. The first kappa shape index (κ1) is 19.8. The predicted molar refractivity (Wildman–Crippen MR) is 88.5 cm³/mol. The maximum absolute atomic E-state index is 13.9. The highest BCUT2D eigenvalue weighted by molar-refractivity contribution is 6.31. The van der Waals surface area contributed by atoms with Crippen LogP contribution in [0.4, 0.5) is 37.7 Å². The molecule has 0 fully saturated rings. The van der Waals surface area contributed by atoms with Crippen molar-refractivity contribution in [2.24, 2.45) is 4.99 Å². The lowest BCUT2D eigenvalue weighted by molar-refractivity contribution is -0.263. The number of rotatable bonds is 1. The van der Waals surface area contributed by atoms with Crippen molar-refractivity contribution in [2.45, 2.75) is 18.1 Å². The molecule has 2 aromatic carbocycles. The third-order valence-corrected chi connectivity index (χ3v) is 4.32. The molecule has 1 atom stereocenters. The van der Waals surface area contributed by atoms with Crippen LogP contribution in [0.5, 0.6) is 0 Å². The minimum atomic E-state index is -5.53. The molecule has 3 nitrogen and oxygen atoms in total. The monoisotopic (exact) mass is 428 g/mol. The van der Waals surface area contributed by atoms with Gasteiger partial charge in [0, 0.05) is 21.3 Å². The van der Waals surface area contributed by atoms with Gasteiger partial charge in [0.2, 0.25) is 5.84 Å². The molecule has 1 unspecified atom stereocenters. The average Bonchev–Trinajstić information content (AvgIpc) is 2.54. The van der Waals surface area contributed by atoms with E-state index in [1.54, 1.807) is 0 Å². The molecule has 1 heterocycles. The largest absolute Gasteiger partial charge is 0.449 e. The highest BCUT2D eigenvalue weighted by Crippen LogP contribution is 2.51. The number of halogens is 8. The van der Waals surface area contributed by atoms with Gasteiger partial charge in [0.05, 0.1) is 5.69 Å². The summed E-state index contributed by atoms with van der Waals surface area (Å²) in [5.41, 5.74) is -6.30. The number of aliphatic imine (C=N–C) groups is 1. The van der Waals surface area contributed by atoms with Gasteiger partial charge in [0.25, 0.3) is 5.72 Å². The lowest BCUT2D eigenvalue weighted by atomic mass is 9.94. The van der Waals surface area contributed by atoms with E-state index < -0.39 is 40.9 Å². The number of benzene rings is 2. The second-order valence-electron chi connectivity index (χ2n) is 5.58. The van der Waals surface area contributed by atoms with Crippen LogP contribution in [-0.2, 0) is 5.72 Å². The Kier molecular flexibility index (Phi) is 4.61. The van der Waals surface area contributed by atoms with Crippen LogP contribution < -0.4 is 4.90 Å². The van der Waals surface area contributed by atoms with Gasteiger partial charge in [-0.05, 0) is 42.5 Å². The van der Waals surface area contributed by atoms with Crippen molar-refractivity contribution in [3.8, 4) is 0 Å². The highest BCUT2D eigenvalue weighted by Gasteiger charge is 2.65. The van der Waals surface area contributed by atoms with Crippen molar-refractivity contribution in [1.82, 2.24) is 0 Å². The third kappa shape index (κ3) is 3.24. The first-order valence-electron chi connectivity index (χ1n) is 7.16. The summed E-state index contributed by atoms with van der Waals surface area (Å²) in [5.74, 6) is -1.93. The van der Waals surface area contributed by atoms with Crippen molar-refractivity contribution in [3.63, 3.8) is 0 Å². The van der Waals surface area contributed by atoms with Gasteiger partial charge in [-0.1, -0.05) is 23.2 Å². The fourth-order valence-corrected chi connectivity index (χ4v) is 2.99. The molecule has 1 N–H and O–H groups in total. The van der Waals surface area contributed by atoms with E-state index in [2.05, 4.69) is 4.99 Å². The molecule has 144 valence electrons. The topological polar surface area (TPSA) is 35.8 Å². The lowest BCUT2D eigenvalue weighted by Crippen LogP contribution is -2.63. The summed E-state index contributed by atoms with van der Waals surface area (Å²) in [6.45, 7) is 0. The maximum Gasteiger partial charge on any atom is 0.449 e. The summed E-state index contributed by atoms with van der Waals surface area (Å²) < 4.78 is 82.5. The van der Waals surface area contributed by atoms with Gasteiger partial charge in [-0.25, -0.2) is 4.99 Å². The molecule has 0 spiro atoms. The molecular formula is C16H8Cl2F6N2O. The molecule has 0 radical (unpaired) electrons. The number of hydrogen-bond donors (Lipinski definition) is 1. The number of fused-ring (bicyclic) bond motifs is 1. The van der Waals surface area contributed by atoms with Gasteiger partial charge in [0.1, 0.15) is 0 Å². The first-order chi connectivity index (χ1) is 12.4. The average molecular weight is 429 g/mol. The van der Waals surface area contributed by atoms with E-state index in [1.807, 2.05) is 0 Å². The van der Waals surface area contributed by atoms with Crippen LogP contribution in [-0.4, -0.2) is 23.3 Å². The van der Waals surface area contributed by atoms with Gasteiger partial charge in [-0.2, -0.15) is 26.3 Å². The Balaban J connectivity index is 2.40. The van der Waals surface area contributed by atoms with Crippen molar-refractivity contribution >= 4 is 40.4 Å². The number of alkyl halides is 6. The number of amidine groups is 1. The summed E-state index contributed by atoms with van der Waals surface area (Å²) in [6, 6.07) is 6.69. The SMILES string of the molecule is OC1(C(F)(F)F)c2cc(Cl)ccc2N=C(C(F)(F)F)N1c1ccc(Cl)cc1. The van der Waals surface area contributed by atoms with E-state index >= 15 is 0 Å². The standard InChI is InChI=1S/C16H8Cl2F6N2O/c17-8-1-4-10(5-2-8)26-13(15(19,20)21)25-12-6-3-9(18)7-11(12)14(26,27)16(22,23)24/h1-7,27H. The van der Waals surface area contributed by atoms with Gasteiger partial charge in [-0.3, -0.25) is 4.90 Å². The number of hydrogen-bond acceptors (Lipinski definition) is 3. The molecule has 0 saturated heterocycles. The molecule has 0 aromatic heterocycles. The summed E-state index contributed by atoms with van der Waals surface area (Å²) >= 11 is 11.4. The Morgan fingerprint density at radius 1 is 0.889 bits per heavy atom. The second-order valence-corrected chi connectivity index (χ2v) is 6.45. The molecule has 0 saturated carbocycles. The summed E-state index contributed by atoms with van der Waals surface area (Å²) in [5, 5.41) is 10.5. The number of aliphatic hydroxyl groups is 1. The predicted octanol–water partition coefficient (Wildman–Crippen LogP) is 5.81. The Morgan fingerprint density at radius 3 is 1.96 bits per heavy atom. The molecule has 3 rings (SSSR count). The van der Waals surface area contributed by atoms with E-state index in [1.165, 1.54) is 0 Å². The van der Waals surface area contributed by atoms with Crippen LogP contribution in [0.25, 0.3) is 0 Å². The zero-order valence-corrected chi connectivity index (χ0v) is 14.4. The van der Waals surface area contributed by atoms with Crippen molar-refractivity contribution < 1.29 is 31.4 Å². The molecule has 0 bridgehead atoms. The van der Waals surface area contributed by atoms with E-state index in [4.69, 9.17) is 23.2 Å². The minimum Gasteiger partial charge on any atom is -0.359 e. The van der Waals surface area contributed by atoms with Crippen LogP contribution in [0.15, 0.2) is 47.5 Å². The third-order valence-electron chi connectivity index (χ3n) is 3.83. The highest BCUT2D eigenvalue weighted by atomic mass is 35.5. The van der Waals surface area contributed by atoms with Crippen LogP contribution in [0, 0.1) is 0 Å². The molecule has 2 aromatic rings. The van der Waals surface area contributed by atoms with E-state index in [9.17, 15) is 31.4 Å². The minimum absolute atomic E-state index is 0.0836. The molecule has 1 aliphatic rings. The Hall–Kier alpha value is -1.97. The van der Waals surface area contributed by atoms with Crippen molar-refractivity contribution in [3.05, 3.63) is 58.1 Å². The van der Waals surface area contributed by atoms with Gasteiger partial charge < -0.3 is 5.11 Å². The Morgan fingerprint density at radius 2 is 1.44 bits per heavy atom. The lowest BCUT2D eigenvalue weighted by Gasteiger charge is -2.45. The number of anilines is 1. The van der Waals surface area contributed by atoms with Crippen LogP contribution in [0.2, 0.25) is 10.0 Å². The number of nitrogens with zero attached hydrogens (tertiary/aromatic N) is 2. The molecule has 11 heteroatoms. The van der Waals surface area contributed by atoms with Crippen LogP contribution in [0.3, 0.4) is 0 Å². The Labute approximate surface area is 158 Å².